The van der Waals surface area contributed by atoms with E-state index in [4.69, 9.17) is 0 Å². The first-order valence-corrected chi connectivity index (χ1v) is 7.45. The first-order valence-electron chi connectivity index (χ1n) is 6.63. The highest BCUT2D eigenvalue weighted by molar-refractivity contribution is 7.15. The van der Waals surface area contributed by atoms with Crippen LogP contribution in [-0.2, 0) is 7.05 Å². The van der Waals surface area contributed by atoms with Gasteiger partial charge in [-0.15, -0.1) is 10.2 Å². The summed E-state index contributed by atoms with van der Waals surface area (Å²) in [5.74, 6) is 0.310. The van der Waals surface area contributed by atoms with Crippen molar-refractivity contribution < 1.29 is 4.79 Å². The molecule has 21 heavy (non-hydrogen) atoms. The SMILES string of the molecule is Cn1ncc2ncc(C(=O)Nc3nnc(C4CC4)s3)cc21. The number of amides is 1. The van der Waals surface area contributed by atoms with Gasteiger partial charge >= 0.3 is 0 Å². The smallest absolute Gasteiger partial charge is 0.259 e. The average Bonchev–Trinajstić information content (AvgIpc) is 3.14. The quantitative estimate of drug-likeness (QED) is 0.799. The van der Waals surface area contributed by atoms with E-state index in [1.807, 2.05) is 7.05 Å². The molecule has 3 heterocycles. The van der Waals surface area contributed by atoms with Crippen molar-refractivity contribution in [2.24, 2.45) is 7.05 Å². The lowest BCUT2D eigenvalue weighted by atomic mass is 10.2. The van der Waals surface area contributed by atoms with Gasteiger partial charge < -0.3 is 0 Å². The van der Waals surface area contributed by atoms with Crippen molar-refractivity contribution in [1.82, 2.24) is 25.0 Å². The number of carbonyl (C=O) groups is 1. The third-order valence-electron chi connectivity index (χ3n) is 3.45. The lowest BCUT2D eigenvalue weighted by molar-refractivity contribution is 0.102. The Hall–Kier alpha value is -2.35. The zero-order chi connectivity index (χ0) is 14.4. The number of aromatic nitrogens is 5. The number of nitrogens with zero attached hydrogens (tertiary/aromatic N) is 5. The van der Waals surface area contributed by atoms with Gasteiger partial charge in [0, 0.05) is 19.2 Å². The van der Waals surface area contributed by atoms with Gasteiger partial charge in [0.1, 0.15) is 10.5 Å². The van der Waals surface area contributed by atoms with Crippen molar-refractivity contribution in [3.05, 3.63) is 29.0 Å². The van der Waals surface area contributed by atoms with Crippen LogP contribution < -0.4 is 5.32 Å². The monoisotopic (exact) mass is 300 g/mol. The van der Waals surface area contributed by atoms with Crippen LogP contribution in [0.2, 0.25) is 0 Å². The third kappa shape index (κ3) is 2.27. The van der Waals surface area contributed by atoms with Gasteiger partial charge in [-0.2, -0.15) is 5.10 Å². The minimum atomic E-state index is -0.232. The maximum atomic E-state index is 12.2. The van der Waals surface area contributed by atoms with Gasteiger partial charge in [0.15, 0.2) is 0 Å². The largest absolute Gasteiger partial charge is 0.296 e. The number of hydrogen-bond donors (Lipinski definition) is 1. The van der Waals surface area contributed by atoms with Crippen molar-refractivity contribution >= 4 is 33.4 Å². The first kappa shape index (κ1) is 12.4. The van der Waals surface area contributed by atoms with Crippen LogP contribution in [0.1, 0.15) is 34.1 Å². The van der Waals surface area contributed by atoms with Crippen LogP contribution in [0.3, 0.4) is 0 Å². The second-order valence-corrected chi connectivity index (χ2v) is 6.08. The van der Waals surface area contributed by atoms with E-state index in [0.29, 0.717) is 16.6 Å². The van der Waals surface area contributed by atoms with Crippen LogP contribution in [0.15, 0.2) is 18.5 Å². The molecule has 0 unspecified atom stereocenters. The van der Waals surface area contributed by atoms with Gasteiger partial charge in [-0.25, -0.2) is 0 Å². The van der Waals surface area contributed by atoms with Crippen LogP contribution in [-0.4, -0.2) is 30.9 Å². The van der Waals surface area contributed by atoms with Crippen LogP contribution in [0, 0.1) is 0 Å². The summed E-state index contributed by atoms with van der Waals surface area (Å²) >= 11 is 1.44. The number of rotatable bonds is 3. The van der Waals surface area contributed by atoms with Crippen molar-refractivity contribution in [2.45, 2.75) is 18.8 Å². The molecule has 0 spiro atoms. The molecular weight excluding hydrogens is 288 g/mol. The molecule has 0 aliphatic heterocycles. The van der Waals surface area contributed by atoms with E-state index in [-0.39, 0.29) is 5.91 Å². The number of anilines is 1. The summed E-state index contributed by atoms with van der Waals surface area (Å²) in [6, 6.07) is 1.77. The van der Waals surface area contributed by atoms with Crippen molar-refractivity contribution in [2.75, 3.05) is 5.32 Å². The summed E-state index contributed by atoms with van der Waals surface area (Å²) in [5, 5.41) is 16.5. The Kier molecular flexibility index (Phi) is 2.71. The maximum Gasteiger partial charge on any atom is 0.259 e. The number of hydrogen-bond acceptors (Lipinski definition) is 6. The zero-order valence-corrected chi connectivity index (χ0v) is 12.1. The third-order valence-corrected chi connectivity index (χ3v) is 4.45. The van der Waals surface area contributed by atoms with E-state index >= 15 is 0 Å². The van der Waals surface area contributed by atoms with E-state index in [9.17, 15) is 4.79 Å². The van der Waals surface area contributed by atoms with Gasteiger partial charge in [-0.05, 0) is 18.9 Å². The molecule has 0 bridgehead atoms. The molecule has 0 aromatic carbocycles. The molecule has 0 atom stereocenters. The molecule has 4 rings (SSSR count). The van der Waals surface area contributed by atoms with Crippen LogP contribution >= 0.6 is 11.3 Å². The molecular formula is C13H12N6OS. The Labute approximate surface area is 124 Å². The summed E-state index contributed by atoms with van der Waals surface area (Å²) < 4.78 is 1.69. The van der Waals surface area contributed by atoms with Gasteiger partial charge in [-0.3, -0.25) is 19.8 Å². The van der Waals surface area contributed by atoms with E-state index in [0.717, 1.165) is 16.0 Å². The van der Waals surface area contributed by atoms with Crippen molar-refractivity contribution in [1.29, 1.82) is 0 Å². The minimum absolute atomic E-state index is 0.232. The zero-order valence-electron chi connectivity index (χ0n) is 11.3. The molecule has 3 aromatic heterocycles. The molecule has 1 fully saturated rings. The van der Waals surface area contributed by atoms with E-state index in [2.05, 4.69) is 25.6 Å². The summed E-state index contributed by atoms with van der Waals surface area (Å²) in [7, 11) is 1.82. The molecule has 1 aliphatic rings. The summed E-state index contributed by atoms with van der Waals surface area (Å²) in [4.78, 5) is 16.5. The number of aryl methyl sites for hydroxylation is 1. The second-order valence-electron chi connectivity index (χ2n) is 5.07. The molecule has 106 valence electrons. The standard InChI is InChI=1S/C13H12N6OS/c1-19-10-4-8(5-14-9(10)6-15-19)11(20)16-13-18-17-12(21-13)7-2-3-7/h4-7H,2-3H2,1H3,(H,16,18,20). The Morgan fingerprint density at radius 2 is 2.24 bits per heavy atom. The fourth-order valence-corrected chi connectivity index (χ4v) is 3.01. The predicted molar refractivity (Wildman–Crippen MR) is 78.3 cm³/mol. The number of carbonyl (C=O) groups excluding carboxylic acids is 1. The average molecular weight is 300 g/mol. The maximum absolute atomic E-state index is 12.2. The fourth-order valence-electron chi connectivity index (χ4n) is 2.10. The van der Waals surface area contributed by atoms with Gasteiger partial charge in [0.2, 0.25) is 5.13 Å². The molecule has 1 N–H and O–H groups in total. The first-order chi connectivity index (χ1) is 10.2. The molecule has 7 nitrogen and oxygen atoms in total. The summed E-state index contributed by atoms with van der Waals surface area (Å²) in [5.41, 5.74) is 2.06. The second kappa shape index (κ2) is 4.59. The Balaban J connectivity index is 1.58. The van der Waals surface area contributed by atoms with Gasteiger partial charge in [-0.1, -0.05) is 11.3 Å². The summed E-state index contributed by atoms with van der Waals surface area (Å²) in [6.07, 6.45) is 5.55. The molecule has 8 heteroatoms. The fraction of sp³-hybridized carbons (Fsp3) is 0.308. The van der Waals surface area contributed by atoms with Crippen LogP contribution in [0.25, 0.3) is 11.0 Å². The van der Waals surface area contributed by atoms with E-state index in [1.54, 1.807) is 23.1 Å². The Morgan fingerprint density at radius 3 is 3.05 bits per heavy atom. The molecule has 1 saturated carbocycles. The van der Waals surface area contributed by atoms with Crippen LogP contribution in [0.4, 0.5) is 5.13 Å². The van der Waals surface area contributed by atoms with E-state index < -0.39 is 0 Å². The van der Waals surface area contributed by atoms with Gasteiger partial charge in [0.05, 0.1) is 17.3 Å². The molecule has 3 aromatic rings. The lowest BCUT2D eigenvalue weighted by Gasteiger charge is -2.01. The normalized spacial score (nSPS) is 14.5. The lowest BCUT2D eigenvalue weighted by Crippen LogP contribution is -2.12. The number of nitrogens with one attached hydrogen (secondary N) is 1. The highest BCUT2D eigenvalue weighted by Gasteiger charge is 2.27. The summed E-state index contributed by atoms with van der Waals surface area (Å²) in [6.45, 7) is 0. The molecule has 0 radical (unpaired) electrons. The highest BCUT2D eigenvalue weighted by Crippen LogP contribution is 2.42. The topological polar surface area (TPSA) is 85.6 Å². The Bertz CT molecular complexity index is 834. The predicted octanol–water partition coefficient (Wildman–Crippen LogP) is 1.95. The van der Waals surface area contributed by atoms with Crippen molar-refractivity contribution in [3.63, 3.8) is 0 Å². The Morgan fingerprint density at radius 1 is 1.38 bits per heavy atom. The number of pyridine rings is 1. The van der Waals surface area contributed by atoms with E-state index in [1.165, 1.54) is 24.2 Å². The van der Waals surface area contributed by atoms with Gasteiger partial charge in [0.25, 0.3) is 5.91 Å². The molecule has 1 aliphatic carbocycles. The minimum Gasteiger partial charge on any atom is -0.296 e. The highest BCUT2D eigenvalue weighted by atomic mass is 32.1. The molecule has 0 saturated heterocycles. The molecule has 1 amide bonds. The number of fused-ring (bicyclic) bond motifs is 1. The van der Waals surface area contributed by atoms with Crippen molar-refractivity contribution in [3.8, 4) is 0 Å². The van der Waals surface area contributed by atoms with Crippen LogP contribution in [0.5, 0.6) is 0 Å².